The fourth-order valence-electron chi connectivity index (χ4n) is 2.14. The van der Waals surface area contributed by atoms with Crippen molar-refractivity contribution in [2.75, 3.05) is 0 Å². The van der Waals surface area contributed by atoms with Crippen LogP contribution in [0.15, 0.2) is 0 Å². The molecule has 1 aliphatic carbocycles. The Balaban J connectivity index is 2.67. The molecule has 2 amide bonds. The second-order valence-corrected chi connectivity index (χ2v) is 5.78. The number of carboxylic acids is 1. The third-order valence-corrected chi connectivity index (χ3v) is 2.96. The van der Waals surface area contributed by atoms with Crippen LogP contribution < -0.4 is 10.6 Å². The number of aliphatic carboxylic acids is 1. The van der Waals surface area contributed by atoms with E-state index in [0.29, 0.717) is 12.8 Å². The Kier molecular flexibility index (Phi) is 4.01. The van der Waals surface area contributed by atoms with E-state index in [0.717, 1.165) is 19.3 Å². The first kappa shape index (κ1) is 13.8. The standard InChI is InChI=1S/C12H22N2O3/c1-11(2,3)13-10(17)14-12(9(15)16)7-5-4-6-8-12/h4-8H2,1-3H3,(H,15,16)(H2,13,14,17). The van der Waals surface area contributed by atoms with Crippen LogP contribution in [0.3, 0.4) is 0 Å². The van der Waals surface area contributed by atoms with Crippen molar-refractivity contribution in [2.24, 2.45) is 0 Å². The first-order valence-corrected chi connectivity index (χ1v) is 6.09. The van der Waals surface area contributed by atoms with E-state index in [9.17, 15) is 14.7 Å². The molecular weight excluding hydrogens is 220 g/mol. The van der Waals surface area contributed by atoms with E-state index in [1.807, 2.05) is 20.8 Å². The molecule has 0 spiro atoms. The third-order valence-electron chi connectivity index (χ3n) is 2.96. The van der Waals surface area contributed by atoms with Crippen molar-refractivity contribution in [3.63, 3.8) is 0 Å². The largest absolute Gasteiger partial charge is 0.480 e. The SMILES string of the molecule is CC(C)(C)NC(=O)NC1(C(=O)O)CCCCC1. The molecule has 0 atom stereocenters. The Morgan fingerprint density at radius 2 is 1.65 bits per heavy atom. The summed E-state index contributed by atoms with van der Waals surface area (Å²) in [5.41, 5.74) is -1.44. The second-order valence-electron chi connectivity index (χ2n) is 5.78. The van der Waals surface area contributed by atoms with Gasteiger partial charge in [-0.2, -0.15) is 0 Å². The Bertz CT molecular complexity index is 301. The van der Waals surface area contributed by atoms with Gasteiger partial charge in [0.25, 0.3) is 0 Å². The number of hydrogen-bond donors (Lipinski definition) is 3. The zero-order valence-corrected chi connectivity index (χ0v) is 10.8. The molecule has 0 radical (unpaired) electrons. The predicted molar refractivity (Wildman–Crippen MR) is 64.9 cm³/mol. The number of carbonyl (C=O) groups is 2. The quantitative estimate of drug-likeness (QED) is 0.691. The normalized spacial score (nSPS) is 19.5. The van der Waals surface area contributed by atoms with Gasteiger partial charge in [-0.25, -0.2) is 9.59 Å². The summed E-state index contributed by atoms with van der Waals surface area (Å²) in [7, 11) is 0. The zero-order chi connectivity index (χ0) is 13.1. The van der Waals surface area contributed by atoms with E-state index in [1.54, 1.807) is 0 Å². The Labute approximate surface area is 102 Å². The van der Waals surface area contributed by atoms with Crippen molar-refractivity contribution in [1.29, 1.82) is 0 Å². The lowest BCUT2D eigenvalue weighted by Crippen LogP contribution is -2.60. The summed E-state index contributed by atoms with van der Waals surface area (Å²) >= 11 is 0. The molecule has 0 aromatic heterocycles. The van der Waals surface area contributed by atoms with Crippen molar-refractivity contribution in [3.8, 4) is 0 Å². The minimum atomic E-state index is -1.08. The monoisotopic (exact) mass is 242 g/mol. The molecule has 98 valence electrons. The Morgan fingerprint density at radius 1 is 1.12 bits per heavy atom. The average Bonchev–Trinajstić information content (AvgIpc) is 2.15. The molecule has 0 saturated heterocycles. The van der Waals surface area contributed by atoms with Crippen LogP contribution in [0.5, 0.6) is 0 Å². The fraction of sp³-hybridized carbons (Fsp3) is 0.833. The predicted octanol–water partition coefficient (Wildman–Crippen LogP) is 1.87. The minimum Gasteiger partial charge on any atom is -0.480 e. The molecule has 0 aromatic rings. The smallest absolute Gasteiger partial charge is 0.329 e. The molecule has 1 aliphatic rings. The van der Waals surface area contributed by atoms with Crippen molar-refractivity contribution < 1.29 is 14.7 Å². The maximum atomic E-state index is 11.8. The minimum absolute atomic E-state index is 0.363. The van der Waals surface area contributed by atoms with Gasteiger partial charge in [-0.3, -0.25) is 0 Å². The molecular formula is C12H22N2O3. The summed E-state index contributed by atoms with van der Waals surface area (Å²) in [6, 6.07) is -0.401. The highest BCUT2D eigenvalue weighted by Crippen LogP contribution is 2.28. The third kappa shape index (κ3) is 3.91. The van der Waals surface area contributed by atoms with Gasteiger partial charge in [-0.05, 0) is 33.6 Å². The molecule has 5 nitrogen and oxygen atoms in total. The van der Waals surface area contributed by atoms with Crippen LogP contribution in [0.25, 0.3) is 0 Å². The first-order valence-electron chi connectivity index (χ1n) is 6.09. The van der Waals surface area contributed by atoms with Crippen LogP contribution in [-0.4, -0.2) is 28.2 Å². The van der Waals surface area contributed by atoms with Crippen LogP contribution in [-0.2, 0) is 4.79 Å². The van der Waals surface area contributed by atoms with Gasteiger partial charge in [0.15, 0.2) is 0 Å². The molecule has 1 saturated carbocycles. The lowest BCUT2D eigenvalue weighted by atomic mass is 9.82. The van der Waals surface area contributed by atoms with E-state index < -0.39 is 17.5 Å². The summed E-state index contributed by atoms with van der Waals surface area (Å²) in [6.45, 7) is 5.59. The molecule has 0 unspecified atom stereocenters. The molecule has 1 rings (SSSR count). The molecule has 3 N–H and O–H groups in total. The maximum Gasteiger partial charge on any atom is 0.329 e. The summed E-state index contributed by atoms with van der Waals surface area (Å²) in [4.78, 5) is 23.1. The van der Waals surface area contributed by atoms with Crippen LogP contribution in [0.4, 0.5) is 4.79 Å². The first-order chi connectivity index (χ1) is 7.75. The number of carboxylic acid groups (broad SMARTS) is 1. The second kappa shape index (κ2) is 4.94. The molecule has 0 bridgehead atoms. The van der Waals surface area contributed by atoms with Gasteiger partial charge in [0.05, 0.1) is 0 Å². The van der Waals surface area contributed by atoms with E-state index in [-0.39, 0.29) is 5.54 Å². The number of amides is 2. The lowest BCUT2D eigenvalue weighted by molar-refractivity contribution is -0.145. The molecule has 0 heterocycles. The lowest BCUT2D eigenvalue weighted by Gasteiger charge is -2.35. The summed E-state index contributed by atoms with van der Waals surface area (Å²) in [5, 5.41) is 14.7. The highest BCUT2D eigenvalue weighted by atomic mass is 16.4. The van der Waals surface area contributed by atoms with E-state index >= 15 is 0 Å². The zero-order valence-electron chi connectivity index (χ0n) is 10.8. The molecule has 1 fully saturated rings. The summed E-state index contributed by atoms with van der Waals surface area (Å²) < 4.78 is 0. The van der Waals surface area contributed by atoms with E-state index in [1.165, 1.54) is 0 Å². The highest BCUT2D eigenvalue weighted by Gasteiger charge is 2.41. The van der Waals surface area contributed by atoms with Gasteiger partial charge in [0.2, 0.25) is 0 Å². The van der Waals surface area contributed by atoms with Crippen LogP contribution >= 0.6 is 0 Å². The van der Waals surface area contributed by atoms with Crippen molar-refractivity contribution in [1.82, 2.24) is 10.6 Å². The van der Waals surface area contributed by atoms with Gasteiger partial charge < -0.3 is 15.7 Å². The van der Waals surface area contributed by atoms with Crippen molar-refractivity contribution >= 4 is 12.0 Å². The number of urea groups is 1. The van der Waals surface area contributed by atoms with Crippen LogP contribution in [0.2, 0.25) is 0 Å². The van der Waals surface area contributed by atoms with Gasteiger partial charge in [-0.15, -0.1) is 0 Å². The van der Waals surface area contributed by atoms with Gasteiger partial charge in [-0.1, -0.05) is 19.3 Å². The van der Waals surface area contributed by atoms with E-state index in [2.05, 4.69) is 10.6 Å². The van der Waals surface area contributed by atoms with Gasteiger partial charge in [0.1, 0.15) is 5.54 Å². The number of carbonyl (C=O) groups excluding carboxylic acids is 1. The van der Waals surface area contributed by atoms with Gasteiger partial charge in [0, 0.05) is 5.54 Å². The van der Waals surface area contributed by atoms with Crippen LogP contribution in [0, 0.1) is 0 Å². The maximum absolute atomic E-state index is 11.8. The summed E-state index contributed by atoms with van der Waals surface area (Å²) in [6.07, 6.45) is 3.77. The number of rotatable bonds is 2. The summed E-state index contributed by atoms with van der Waals surface area (Å²) in [5.74, 6) is -0.929. The van der Waals surface area contributed by atoms with Crippen molar-refractivity contribution in [2.45, 2.75) is 64.0 Å². The van der Waals surface area contributed by atoms with E-state index in [4.69, 9.17) is 0 Å². The fourth-order valence-corrected chi connectivity index (χ4v) is 2.14. The molecule has 5 heteroatoms. The number of nitrogens with one attached hydrogen (secondary N) is 2. The Hall–Kier alpha value is -1.26. The van der Waals surface area contributed by atoms with Crippen LogP contribution in [0.1, 0.15) is 52.9 Å². The highest BCUT2D eigenvalue weighted by molar-refractivity contribution is 5.86. The average molecular weight is 242 g/mol. The number of hydrogen-bond acceptors (Lipinski definition) is 2. The molecule has 17 heavy (non-hydrogen) atoms. The topological polar surface area (TPSA) is 78.4 Å². The Morgan fingerprint density at radius 3 is 2.06 bits per heavy atom. The molecule has 0 aliphatic heterocycles. The van der Waals surface area contributed by atoms with Crippen molar-refractivity contribution in [3.05, 3.63) is 0 Å². The molecule has 0 aromatic carbocycles. The van der Waals surface area contributed by atoms with Gasteiger partial charge >= 0.3 is 12.0 Å².